The van der Waals surface area contributed by atoms with Crippen LogP contribution in [0.25, 0.3) is 0 Å². The third kappa shape index (κ3) is 16.7. The van der Waals surface area contributed by atoms with E-state index in [2.05, 4.69) is 178 Å². The number of unbranched alkanes of at least 4 members (excludes halogenated alkanes) is 3. The molecule has 0 radical (unpaired) electrons. The predicted molar refractivity (Wildman–Crippen MR) is 209 cm³/mol. The second-order valence-electron chi connectivity index (χ2n) is 13.9. The van der Waals surface area contributed by atoms with E-state index in [-0.39, 0.29) is 24.5 Å². The molecule has 0 fully saturated rings. The molecule has 0 heterocycles. The van der Waals surface area contributed by atoms with Crippen molar-refractivity contribution >= 4 is 44.0 Å². The first kappa shape index (κ1) is 46.9. The second-order valence-corrected chi connectivity index (χ2v) is 21.2. The van der Waals surface area contributed by atoms with Gasteiger partial charge in [0.15, 0.2) is 5.75 Å². The third-order valence-corrected chi connectivity index (χ3v) is 16.2. The molecule has 0 saturated carbocycles. The molecule has 272 valence electrons. The van der Waals surface area contributed by atoms with Crippen LogP contribution in [0, 0.1) is 6.92 Å². The number of carboxylic acid groups (broad SMARTS) is 2. The molecule has 0 amide bonds. The maximum atomic E-state index is 8.93. The van der Waals surface area contributed by atoms with Crippen LogP contribution in [0.1, 0.15) is 91.2 Å². The van der Waals surface area contributed by atoms with Gasteiger partial charge in [0, 0.05) is 0 Å². The van der Waals surface area contributed by atoms with E-state index in [1.54, 1.807) is 0 Å². The first-order valence-corrected chi connectivity index (χ1v) is 21.7. The number of benzene rings is 4. The molecule has 8 heteroatoms. The average molecular weight is 803 g/mol. The van der Waals surface area contributed by atoms with Gasteiger partial charge in [-0.15, -0.1) is 0 Å². The van der Waals surface area contributed by atoms with Gasteiger partial charge in [-0.05, 0) is 59.0 Å². The quantitative estimate of drug-likeness (QED) is 0.0748. The Morgan fingerprint density at radius 2 is 1.10 bits per heavy atom. The topological polar surface area (TPSA) is 89.5 Å². The summed E-state index contributed by atoms with van der Waals surface area (Å²) < 4.78 is 6.84. The van der Waals surface area contributed by atoms with Gasteiger partial charge in [0.05, 0.1) is 20.0 Å². The summed E-state index contributed by atoms with van der Waals surface area (Å²) in [5.41, 5.74) is 2.76. The van der Waals surface area contributed by atoms with Crippen molar-refractivity contribution in [2.24, 2.45) is 0 Å². The smallest absolute Gasteiger partial charge is 0.543 e. The fourth-order valence-corrected chi connectivity index (χ4v) is 8.63. The molecule has 4 rings (SSSR count). The molecule has 0 aliphatic heterocycles. The maximum Gasteiger partial charge on any atom is 2.00 e. The first-order chi connectivity index (χ1) is 23.1. The van der Waals surface area contributed by atoms with Gasteiger partial charge in [0.2, 0.25) is 8.15 Å². The molecular formula is C42H58O5PRuSi+. The second kappa shape index (κ2) is 24.1. The number of aryl methyl sites for hydroxylation is 1. The fourth-order valence-electron chi connectivity index (χ4n) is 4.50. The van der Waals surface area contributed by atoms with Gasteiger partial charge in [-0.1, -0.05) is 172 Å². The van der Waals surface area contributed by atoms with Crippen molar-refractivity contribution in [3.05, 3.63) is 120 Å². The average Bonchev–Trinajstić information content (AvgIpc) is 3.07. The summed E-state index contributed by atoms with van der Waals surface area (Å²) in [7, 11) is -3.06. The van der Waals surface area contributed by atoms with Gasteiger partial charge in [0.25, 0.3) is 0 Å². The summed E-state index contributed by atoms with van der Waals surface area (Å²) in [4.78, 5) is 17.9. The standard InChI is InChI=1S/C24H29OPSi.C10H14.C6H14.C2H2O4.Ru/c1-24(2,3)27(4,5)23-19-13-12-18-22(23)25-26(20-14-8-6-9-15-20)21-16-10-7-11-17-21;1-8(2)10-6-4-9(3)5-7-10;1-3-5-6-4-2;3-1(4)2(5)6;/h6-19H,1-5H3;4-8H,1-3H3;3-6H2,1-2H3;(H,3,4)(H,5,6);/q;;;;+2/p-1. The predicted octanol–water partition coefficient (Wildman–Crippen LogP) is 7.75. The van der Waals surface area contributed by atoms with E-state index in [0.29, 0.717) is 5.92 Å². The molecule has 0 unspecified atom stereocenters. The molecular weight excluding hydrogens is 745 g/mol. The molecule has 4 aromatic rings. The number of hydrogen-bond donors (Lipinski definition) is 0. The van der Waals surface area contributed by atoms with Crippen LogP contribution in [-0.4, -0.2) is 20.0 Å². The Morgan fingerprint density at radius 1 is 0.700 bits per heavy atom. The molecule has 50 heavy (non-hydrogen) atoms. The molecule has 0 aliphatic carbocycles. The zero-order valence-electron chi connectivity index (χ0n) is 31.7. The van der Waals surface area contributed by atoms with Gasteiger partial charge in [-0.3, -0.25) is 0 Å². The minimum absolute atomic E-state index is 0. The summed E-state index contributed by atoms with van der Waals surface area (Å²) in [5.74, 6) is -2.66. The molecule has 0 atom stereocenters. The van der Waals surface area contributed by atoms with E-state index >= 15 is 0 Å². The van der Waals surface area contributed by atoms with Gasteiger partial charge in [0.1, 0.15) is 10.6 Å². The van der Waals surface area contributed by atoms with Crippen molar-refractivity contribution in [3.8, 4) is 5.75 Å². The van der Waals surface area contributed by atoms with Crippen molar-refractivity contribution in [1.29, 1.82) is 0 Å². The summed E-state index contributed by atoms with van der Waals surface area (Å²) >= 11 is 0. The van der Waals surface area contributed by atoms with Crippen molar-refractivity contribution in [3.63, 3.8) is 0 Å². The van der Waals surface area contributed by atoms with Crippen LogP contribution in [-0.2, 0) is 29.1 Å². The van der Waals surface area contributed by atoms with Gasteiger partial charge in [-0.25, -0.2) is 0 Å². The van der Waals surface area contributed by atoms with Gasteiger partial charge in [-0.2, -0.15) is 0 Å². The summed E-state index contributed by atoms with van der Waals surface area (Å²) in [5, 5.41) is 22.1. The summed E-state index contributed by atoms with van der Waals surface area (Å²) in [6, 6.07) is 38.7. The normalized spacial score (nSPS) is 10.6. The fraction of sp³-hybridized carbons (Fsp3) is 0.381. The molecule has 0 bridgehead atoms. The molecule has 0 saturated heterocycles. The van der Waals surface area contributed by atoms with Crippen molar-refractivity contribution in [2.45, 2.75) is 105 Å². The number of hydrogen-bond acceptors (Lipinski definition) is 5. The number of carbonyl (C=O) groups is 2. The van der Waals surface area contributed by atoms with Crippen LogP contribution in [0.4, 0.5) is 0 Å². The Balaban J connectivity index is 0.000000852. The molecule has 0 aromatic heterocycles. The number of aliphatic carboxylic acids is 2. The van der Waals surface area contributed by atoms with E-state index in [1.807, 2.05) is 0 Å². The zero-order valence-corrected chi connectivity index (χ0v) is 35.4. The van der Waals surface area contributed by atoms with E-state index in [1.165, 1.54) is 52.6 Å². The Bertz CT molecular complexity index is 1450. The Labute approximate surface area is 317 Å². The van der Waals surface area contributed by atoms with Gasteiger partial charge >= 0.3 is 19.5 Å². The summed E-state index contributed by atoms with van der Waals surface area (Å²) in [6.45, 7) is 23.0. The van der Waals surface area contributed by atoms with E-state index in [9.17, 15) is 0 Å². The van der Waals surface area contributed by atoms with Crippen molar-refractivity contribution < 1.29 is 43.8 Å². The molecule has 0 N–H and O–H groups in total. The number of rotatable bonds is 9. The Morgan fingerprint density at radius 3 is 1.46 bits per heavy atom. The monoisotopic (exact) mass is 803 g/mol. The Kier molecular flexibility index (Phi) is 22.6. The van der Waals surface area contributed by atoms with Gasteiger partial charge < -0.3 is 24.3 Å². The van der Waals surface area contributed by atoms with Crippen LogP contribution in [0.2, 0.25) is 18.1 Å². The van der Waals surface area contributed by atoms with Crippen molar-refractivity contribution in [2.75, 3.05) is 0 Å². The first-order valence-electron chi connectivity index (χ1n) is 17.3. The Hall–Kier alpha value is -3.11. The van der Waals surface area contributed by atoms with E-state index in [4.69, 9.17) is 24.3 Å². The minimum Gasteiger partial charge on any atom is -0.543 e. The van der Waals surface area contributed by atoms with E-state index in [0.717, 1.165) is 5.75 Å². The molecule has 5 nitrogen and oxygen atoms in total. The SMILES string of the molecule is CC(C)(C)[Si](C)(C)c1ccccc1O[PH+](c1ccccc1)c1ccccc1.CCCCCC.Cc1ccc(C(C)C)cc1.O=C([O-])C(=O)[O-].[Ru+2]. The molecule has 0 spiro atoms. The van der Waals surface area contributed by atoms with Crippen molar-refractivity contribution in [1.82, 2.24) is 0 Å². The molecule has 0 aliphatic rings. The van der Waals surface area contributed by atoms with Crippen LogP contribution >= 0.6 is 8.15 Å². The number of carboxylic acids is 2. The maximum absolute atomic E-state index is 8.93. The largest absolute Gasteiger partial charge is 2.00 e. The zero-order chi connectivity index (χ0) is 37.0. The van der Waals surface area contributed by atoms with Crippen LogP contribution in [0.5, 0.6) is 5.75 Å². The van der Waals surface area contributed by atoms with Crippen LogP contribution in [0.3, 0.4) is 0 Å². The van der Waals surface area contributed by atoms with E-state index < -0.39 is 28.2 Å². The molecule has 4 aromatic carbocycles. The minimum atomic E-state index is -2.19. The van der Waals surface area contributed by atoms with Crippen LogP contribution < -0.4 is 30.5 Å². The number of para-hydroxylation sites is 1. The number of carbonyl (C=O) groups excluding carboxylic acids is 2. The summed E-state index contributed by atoms with van der Waals surface area (Å²) in [6.07, 6.45) is 5.54. The van der Waals surface area contributed by atoms with Crippen LogP contribution in [0.15, 0.2) is 109 Å². The third-order valence-electron chi connectivity index (χ3n) is 8.59.